The number of nitrogens with zero attached hydrogens (tertiary/aromatic N) is 1. The summed E-state index contributed by atoms with van der Waals surface area (Å²) < 4.78 is 0. The molecule has 1 aromatic heterocycles. The Balaban J connectivity index is 2.20. The Morgan fingerprint density at radius 3 is 2.58 bits per heavy atom. The number of carbonyl (C=O) groups is 1. The number of hydrogen-bond donors (Lipinski definition) is 1. The molecule has 0 amide bonds. The molecule has 19 heavy (non-hydrogen) atoms. The van der Waals surface area contributed by atoms with Gasteiger partial charge in [0.2, 0.25) is 0 Å². The van der Waals surface area contributed by atoms with E-state index in [9.17, 15) is 4.79 Å². The van der Waals surface area contributed by atoms with E-state index in [1.807, 2.05) is 0 Å². The minimum atomic E-state index is -0.948. The second-order valence-corrected chi connectivity index (χ2v) is 5.58. The fraction of sp³-hybridized carbons (Fsp3) is 0.200. The van der Waals surface area contributed by atoms with Gasteiger partial charge in [0, 0.05) is 22.7 Å². The van der Waals surface area contributed by atoms with Crippen LogP contribution >= 0.6 is 11.3 Å². The molecule has 2 rings (SSSR count). The summed E-state index contributed by atoms with van der Waals surface area (Å²) in [7, 11) is 0. The Labute approximate surface area is 116 Å². The number of aliphatic carboxylic acids is 1. The second kappa shape index (κ2) is 5.80. The van der Waals surface area contributed by atoms with Crippen molar-refractivity contribution in [3.8, 4) is 10.6 Å². The highest BCUT2D eigenvalue weighted by Crippen LogP contribution is 2.27. The van der Waals surface area contributed by atoms with Crippen LogP contribution in [0.1, 0.15) is 30.2 Å². The lowest BCUT2D eigenvalue weighted by Gasteiger charge is -2.05. The van der Waals surface area contributed by atoms with Crippen molar-refractivity contribution < 1.29 is 9.90 Å². The van der Waals surface area contributed by atoms with Gasteiger partial charge in [-0.05, 0) is 17.6 Å². The predicted octanol–water partition coefficient (Wildman–Crippen LogP) is 4.03. The van der Waals surface area contributed by atoms with Gasteiger partial charge in [-0.15, -0.1) is 11.3 Å². The minimum Gasteiger partial charge on any atom is -0.478 e. The molecular formula is C15H15NO2S. The van der Waals surface area contributed by atoms with Crippen LogP contribution in [0.3, 0.4) is 0 Å². The smallest absolute Gasteiger partial charge is 0.328 e. The molecule has 4 heteroatoms. The van der Waals surface area contributed by atoms with Gasteiger partial charge < -0.3 is 5.11 Å². The maximum atomic E-state index is 10.4. The van der Waals surface area contributed by atoms with Crippen LogP contribution in [0, 0.1) is 0 Å². The minimum absolute atomic E-state index is 0.513. The third-order valence-electron chi connectivity index (χ3n) is 2.74. The third-order valence-corrected chi connectivity index (χ3v) is 3.75. The first-order valence-electron chi connectivity index (χ1n) is 6.03. The van der Waals surface area contributed by atoms with Crippen molar-refractivity contribution in [3.05, 3.63) is 47.0 Å². The van der Waals surface area contributed by atoms with Gasteiger partial charge >= 0.3 is 5.97 Å². The van der Waals surface area contributed by atoms with Crippen LogP contribution in [0.5, 0.6) is 0 Å². The van der Waals surface area contributed by atoms with Crippen LogP contribution in [0.4, 0.5) is 0 Å². The Bertz CT molecular complexity index is 597. The van der Waals surface area contributed by atoms with E-state index in [1.165, 1.54) is 16.9 Å². The molecule has 0 radical (unpaired) electrons. The van der Waals surface area contributed by atoms with E-state index in [0.29, 0.717) is 5.92 Å². The summed E-state index contributed by atoms with van der Waals surface area (Å²) in [4.78, 5) is 15.6. The summed E-state index contributed by atoms with van der Waals surface area (Å²) in [5.41, 5.74) is 2.36. The lowest BCUT2D eigenvalue weighted by atomic mass is 10.0. The number of hydrogen-bond acceptors (Lipinski definition) is 3. The van der Waals surface area contributed by atoms with E-state index in [-0.39, 0.29) is 0 Å². The summed E-state index contributed by atoms with van der Waals surface area (Å²) in [6.45, 7) is 4.32. The lowest BCUT2D eigenvalue weighted by molar-refractivity contribution is -0.131. The quantitative estimate of drug-likeness (QED) is 0.856. The van der Waals surface area contributed by atoms with Crippen molar-refractivity contribution in [2.24, 2.45) is 0 Å². The Morgan fingerprint density at radius 2 is 2.00 bits per heavy atom. The van der Waals surface area contributed by atoms with Crippen LogP contribution in [-0.4, -0.2) is 16.1 Å². The third kappa shape index (κ3) is 3.51. The summed E-state index contributed by atoms with van der Waals surface area (Å²) in [5, 5.41) is 9.48. The zero-order valence-electron chi connectivity index (χ0n) is 10.8. The fourth-order valence-corrected chi connectivity index (χ4v) is 2.49. The van der Waals surface area contributed by atoms with E-state index in [4.69, 9.17) is 5.11 Å². The number of aromatic nitrogens is 1. The van der Waals surface area contributed by atoms with E-state index in [0.717, 1.165) is 21.5 Å². The maximum absolute atomic E-state index is 10.4. The molecule has 0 saturated heterocycles. The summed E-state index contributed by atoms with van der Waals surface area (Å²) >= 11 is 1.48. The molecule has 0 aliphatic heterocycles. The monoisotopic (exact) mass is 273 g/mol. The maximum Gasteiger partial charge on any atom is 0.328 e. The van der Waals surface area contributed by atoms with Crippen molar-refractivity contribution in [1.29, 1.82) is 0 Å². The van der Waals surface area contributed by atoms with E-state index < -0.39 is 5.97 Å². The predicted molar refractivity (Wildman–Crippen MR) is 78.3 cm³/mol. The number of rotatable bonds is 4. The Hall–Kier alpha value is -1.94. The highest BCUT2D eigenvalue weighted by molar-refractivity contribution is 7.15. The average Bonchev–Trinajstić information content (AvgIpc) is 2.85. The van der Waals surface area contributed by atoms with Gasteiger partial charge in [0.05, 0.1) is 0 Å². The molecule has 0 spiro atoms. The first-order valence-corrected chi connectivity index (χ1v) is 6.85. The number of carboxylic acids is 1. The number of carboxylic acid groups (broad SMARTS) is 1. The van der Waals surface area contributed by atoms with Crippen LogP contribution < -0.4 is 0 Å². The van der Waals surface area contributed by atoms with Crippen molar-refractivity contribution in [2.75, 3.05) is 0 Å². The summed E-state index contributed by atoms with van der Waals surface area (Å²) in [6, 6.07) is 8.32. The molecule has 0 fully saturated rings. The fourth-order valence-electron chi connectivity index (χ4n) is 1.66. The molecule has 3 nitrogen and oxygen atoms in total. The van der Waals surface area contributed by atoms with Gasteiger partial charge in [-0.3, -0.25) is 0 Å². The highest BCUT2D eigenvalue weighted by Gasteiger charge is 2.04. The normalized spacial score (nSPS) is 11.3. The van der Waals surface area contributed by atoms with Crippen LogP contribution in [-0.2, 0) is 4.79 Å². The van der Waals surface area contributed by atoms with Gasteiger partial charge in [-0.2, -0.15) is 0 Å². The first kappa shape index (κ1) is 13.5. The molecule has 0 unspecified atom stereocenters. The van der Waals surface area contributed by atoms with Gasteiger partial charge in [0.1, 0.15) is 5.01 Å². The molecule has 1 heterocycles. The average molecular weight is 273 g/mol. The molecule has 98 valence electrons. The van der Waals surface area contributed by atoms with Gasteiger partial charge in [0.15, 0.2) is 0 Å². The zero-order valence-corrected chi connectivity index (χ0v) is 11.6. The molecule has 0 bridgehead atoms. The van der Waals surface area contributed by atoms with Gasteiger partial charge in [0.25, 0.3) is 0 Å². The van der Waals surface area contributed by atoms with Gasteiger partial charge in [-0.1, -0.05) is 38.1 Å². The van der Waals surface area contributed by atoms with Crippen LogP contribution in [0.15, 0.2) is 36.5 Å². The SMILES string of the molecule is CC(C)c1ccc(-c2ncc(/C=C/C(=O)O)s2)cc1. The van der Waals surface area contributed by atoms with Gasteiger partial charge in [-0.25, -0.2) is 9.78 Å². The molecule has 0 aliphatic carbocycles. The molecular weight excluding hydrogens is 258 g/mol. The van der Waals surface area contributed by atoms with Crippen LogP contribution in [0.25, 0.3) is 16.6 Å². The Morgan fingerprint density at radius 1 is 1.32 bits per heavy atom. The largest absolute Gasteiger partial charge is 0.478 e. The Kier molecular flexibility index (Phi) is 4.12. The van der Waals surface area contributed by atoms with Crippen molar-refractivity contribution in [1.82, 2.24) is 4.98 Å². The van der Waals surface area contributed by atoms with Crippen LogP contribution in [0.2, 0.25) is 0 Å². The first-order chi connectivity index (χ1) is 9.06. The van der Waals surface area contributed by atoms with E-state index in [1.54, 1.807) is 12.3 Å². The molecule has 0 aliphatic rings. The summed E-state index contributed by atoms with van der Waals surface area (Å²) in [5.74, 6) is -0.435. The number of benzene rings is 1. The van der Waals surface area contributed by atoms with Crippen molar-refractivity contribution in [3.63, 3.8) is 0 Å². The van der Waals surface area contributed by atoms with Crippen molar-refractivity contribution in [2.45, 2.75) is 19.8 Å². The van der Waals surface area contributed by atoms with E-state index >= 15 is 0 Å². The molecule has 1 aromatic carbocycles. The standard InChI is InChI=1S/C15H15NO2S/c1-10(2)11-3-5-12(6-4-11)15-16-9-13(19-15)7-8-14(17)18/h3-10H,1-2H3,(H,17,18)/b8-7+. The second-order valence-electron chi connectivity index (χ2n) is 4.52. The lowest BCUT2D eigenvalue weighted by Crippen LogP contribution is -1.86. The molecule has 1 N–H and O–H groups in total. The number of thiazole rings is 1. The van der Waals surface area contributed by atoms with Crippen molar-refractivity contribution >= 4 is 23.4 Å². The molecule has 0 atom stereocenters. The highest BCUT2D eigenvalue weighted by atomic mass is 32.1. The topological polar surface area (TPSA) is 50.2 Å². The van der Waals surface area contributed by atoms with E-state index in [2.05, 4.69) is 43.1 Å². The summed E-state index contributed by atoms with van der Waals surface area (Å²) in [6.07, 6.45) is 4.38. The molecule has 0 saturated carbocycles. The zero-order chi connectivity index (χ0) is 13.8. The molecule has 2 aromatic rings.